The number of amides is 1. The van der Waals surface area contributed by atoms with Crippen molar-refractivity contribution in [3.63, 3.8) is 0 Å². The van der Waals surface area contributed by atoms with Crippen molar-refractivity contribution >= 4 is 35.2 Å². The Kier molecular flexibility index (Phi) is 6.64. The molecule has 9 heteroatoms. The van der Waals surface area contributed by atoms with Crippen LogP contribution in [0.4, 0.5) is 5.69 Å². The van der Waals surface area contributed by atoms with Gasteiger partial charge in [-0.15, -0.1) is 0 Å². The fraction of sp³-hybridized carbons (Fsp3) is 0. The molecular formula is C22H15ClN2O6. The lowest BCUT2D eigenvalue weighted by Gasteiger charge is -2.09. The van der Waals surface area contributed by atoms with E-state index in [2.05, 4.69) is 5.32 Å². The summed E-state index contributed by atoms with van der Waals surface area (Å²) >= 11 is 6.01. The van der Waals surface area contributed by atoms with Gasteiger partial charge in [-0.2, -0.15) is 0 Å². The molecule has 0 saturated heterocycles. The van der Waals surface area contributed by atoms with Gasteiger partial charge in [-0.25, -0.2) is 4.79 Å². The molecule has 1 amide bonds. The molecule has 3 aromatic carbocycles. The first kappa shape index (κ1) is 21.5. The zero-order valence-electron chi connectivity index (χ0n) is 15.8. The number of nitro groups is 1. The van der Waals surface area contributed by atoms with Crippen molar-refractivity contribution in [1.29, 1.82) is 0 Å². The second kappa shape index (κ2) is 9.55. The van der Waals surface area contributed by atoms with E-state index in [0.29, 0.717) is 11.1 Å². The molecule has 0 bridgehead atoms. The largest absolute Gasteiger partial charge is 0.477 e. The molecule has 0 aliphatic carbocycles. The summed E-state index contributed by atoms with van der Waals surface area (Å²) in [6, 6.07) is 18.5. The highest BCUT2D eigenvalue weighted by Crippen LogP contribution is 2.37. The lowest BCUT2D eigenvalue weighted by Crippen LogP contribution is -2.27. The van der Waals surface area contributed by atoms with Crippen LogP contribution < -0.4 is 10.1 Å². The van der Waals surface area contributed by atoms with Crippen LogP contribution in [-0.2, 0) is 4.79 Å². The van der Waals surface area contributed by atoms with Crippen LogP contribution in [0.25, 0.3) is 6.08 Å². The number of carboxylic acid groups (broad SMARTS) is 1. The maximum absolute atomic E-state index is 12.2. The summed E-state index contributed by atoms with van der Waals surface area (Å²) in [5, 5.41) is 23.0. The van der Waals surface area contributed by atoms with E-state index >= 15 is 0 Å². The fourth-order valence-electron chi connectivity index (χ4n) is 2.59. The minimum absolute atomic E-state index is 0.0787. The summed E-state index contributed by atoms with van der Waals surface area (Å²) in [4.78, 5) is 34.3. The highest BCUT2D eigenvalue weighted by Gasteiger charge is 2.19. The van der Waals surface area contributed by atoms with E-state index in [1.165, 1.54) is 48.5 Å². The van der Waals surface area contributed by atoms with E-state index in [1.807, 2.05) is 0 Å². The summed E-state index contributed by atoms with van der Waals surface area (Å²) in [5.41, 5.74) is 0.184. The topological polar surface area (TPSA) is 119 Å². The number of hydrogen-bond donors (Lipinski definition) is 2. The second-order valence-electron chi connectivity index (χ2n) is 6.20. The Labute approximate surface area is 181 Å². The molecule has 3 aromatic rings. The van der Waals surface area contributed by atoms with Gasteiger partial charge in [0.25, 0.3) is 5.91 Å². The van der Waals surface area contributed by atoms with E-state index < -0.39 is 16.8 Å². The first-order valence-corrected chi connectivity index (χ1v) is 9.25. The van der Waals surface area contributed by atoms with Gasteiger partial charge in [0.15, 0.2) is 0 Å². The predicted octanol–water partition coefficient (Wildman–Crippen LogP) is 4.90. The first-order valence-electron chi connectivity index (χ1n) is 8.87. The molecule has 0 spiro atoms. The van der Waals surface area contributed by atoms with Gasteiger partial charge in [0.05, 0.1) is 9.95 Å². The summed E-state index contributed by atoms with van der Waals surface area (Å²) < 4.78 is 5.55. The number of carbonyl (C=O) groups excluding carboxylic acids is 1. The molecule has 2 N–H and O–H groups in total. The molecule has 0 fully saturated rings. The average molecular weight is 439 g/mol. The van der Waals surface area contributed by atoms with Crippen LogP contribution in [0.2, 0.25) is 5.02 Å². The molecule has 0 atom stereocenters. The number of carboxylic acids is 1. The first-order chi connectivity index (χ1) is 14.8. The van der Waals surface area contributed by atoms with E-state index in [1.54, 1.807) is 30.3 Å². The molecule has 0 aliphatic rings. The molecule has 0 radical (unpaired) electrons. The molecule has 156 valence electrons. The van der Waals surface area contributed by atoms with Gasteiger partial charge >= 0.3 is 11.7 Å². The van der Waals surface area contributed by atoms with E-state index in [0.717, 1.165) is 0 Å². The zero-order chi connectivity index (χ0) is 22.4. The Bertz CT molecular complexity index is 1160. The number of rotatable bonds is 7. The third kappa shape index (κ3) is 5.46. The van der Waals surface area contributed by atoms with Gasteiger partial charge in [0.1, 0.15) is 11.4 Å². The van der Waals surface area contributed by atoms with Crippen molar-refractivity contribution in [2.24, 2.45) is 0 Å². The normalized spacial score (nSPS) is 10.9. The van der Waals surface area contributed by atoms with Crippen molar-refractivity contribution in [3.05, 3.63) is 105 Å². The Balaban J connectivity index is 1.80. The quantitative estimate of drug-likeness (QED) is 0.308. The zero-order valence-corrected chi connectivity index (χ0v) is 16.6. The van der Waals surface area contributed by atoms with Crippen LogP contribution in [-0.4, -0.2) is 21.9 Å². The molecule has 0 unspecified atom stereocenters. The van der Waals surface area contributed by atoms with Crippen molar-refractivity contribution in [1.82, 2.24) is 5.32 Å². The van der Waals surface area contributed by atoms with Gasteiger partial charge < -0.3 is 15.2 Å². The smallest absolute Gasteiger partial charge is 0.352 e. The molecule has 31 heavy (non-hydrogen) atoms. The van der Waals surface area contributed by atoms with E-state index in [-0.39, 0.29) is 27.9 Å². The third-order valence-corrected chi connectivity index (χ3v) is 4.37. The summed E-state index contributed by atoms with van der Waals surface area (Å²) in [5.74, 6) is -1.70. The van der Waals surface area contributed by atoms with Crippen LogP contribution in [0, 0.1) is 10.1 Å². The number of para-hydroxylation sites is 1. The van der Waals surface area contributed by atoms with Crippen molar-refractivity contribution in [3.8, 4) is 11.5 Å². The molecule has 8 nitrogen and oxygen atoms in total. The fourth-order valence-corrected chi connectivity index (χ4v) is 2.80. The van der Waals surface area contributed by atoms with Crippen LogP contribution in [0.1, 0.15) is 15.9 Å². The van der Waals surface area contributed by atoms with Crippen LogP contribution in [0.3, 0.4) is 0 Å². The summed E-state index contributed by atoms with van der Waals surface area (Å²) in [6.45, 7) is 0. The predicted molar refractivity (Wildman–Crippen MR) is 114 cm³/mol. The highest BCUT2D eigenvalue weighted by atomic mass is 35.5. The summed E-state index contributed by atoms with van der Waals surface area (Å²) in [6.07, 6.45) is 1.28. The maximum atomic E-state index is 12.2. The van der Waals surface area contributed by atoms with Crippen molar-refractivity contribution in [2.75, 3.05) is 0 Å². The van der Waals surface area contributed by atoms with Gasteiger partial charge in [-0.3, -0.25) is 14.9 Å². The summed E-state index contributed by atoms with van der Waals surface area (Å²) in [7, 11) is 0. The van der Waals surface area contributed by atoms with Crippen molar-refractivity contribution in [2.45, 2.75) is 0 Å². The number of aliphatic carboxylic acids is 1. The number of ether oxygens (including phenoxy) is 1. The van der Waals surface area contributed by atoms with Gasteiger partial charge in [-0.1, -0.05) is 48.0 Å². The van der Waals surface area contributed by atoms with Gasteiger partial charge in [-0.05, 0) is 42.0 Å². The maximum Gasteiger partial charge on any atom is 0.352 e. The molecule has 0 saturated carbocycles. The Morgan fingerprint density at radius 1 is 1.00 bits per heavy atom. The lowest BCUT2D eigenvalue weighted by atomic mass is 10.1. The number of nitrogens with one attached hydrogen (secondary N) is 1. The highest BCUT2D eigenvalue weighted by molar-refractivity contribution is 6.32. The number of nitro benzene ring substituents is 1. The number of benzene rings is 3. The Morgan fingerprint density at radius 2 is 1.68 bits per heavy atom. The minimum Gasteiger partial charge on any atom is -0.477 e. The molecule has 0 aliphatic heterocycles. The minimum atomic E-state index is -1.31. The van der Waals surface area contributed by atoms with E-state index in [9.17, 15) is 24.8 Å². The molecule has 3 rings (SSSR count). The number of carbonyl (C=O) groups is 2. The van der Waals surface area contributed by atoms with E-state index in [4.69, 9.17) is 16.3 Å². The van der Waals surface area contributed by atoms with Crippen LogP contribution in [0.5, 0.6) is 11.5 Å². The lowest BCUT2D eigenvalue weighted by molar-refractivity contribution is -0.385. The second-order valence-corrected chi connectivity index (χ2v) is 6.61. The monoisotopic (exact) mass is 438 g/mol. The molecule has 0 heterocycles. The Hall–Kier alpha value is -4.17. The van der Waals surface area contributed by atoms with Gasteiger partial charge in [0.2, 0.25) is 5.75 Å². The van der Waals surface area contributed by atoms with Crippen LogP contribution in [0.15, 0.2) is 78.5 Å². The Morgan fingerprint density at radius 3 is 2.29 bits per heavy atom. The third-order valence-electron chi connectivity index (χ3n) is 4.07. The molecular weight excluding hydrogens is 424 g/mol. The molecule has 0 aromatic heterocycles. The standard InChI is InChI=1S/C22H15ClN2O6/c23-17-7-4-8-19(25(29)30)20(17)31-16-11-9-14(10-12-16)13-18(22(27)28)24-21(26)15-5-2-1-3-6-15/h1-13H,(H,24,26)(H,27,28)/b18-13+. The SMILES string of the molecule is O=C(O)/C(=C\c1ccc(Oc2c(Cl)cccc2[N+](=O)[O-])cc1)NC(=O)c1ccccc1. The van der Waals surface area contributed by atoms with Gasteiger partial charge in [0, 0.05) is 11.6 Å². The average Bonchev–Trinajstić information content (AvgIpc) is 2.76. The number of halogens is 1. The van der Waals surface area contributed by atoms with Crippen LogP contribution >= 0.6 is 11.6 Å². The number of hydrogen-bond acceptors (Lipinski definition) is 5. The van der Waals surface area contributed by atoms with Crippen molar-refractivity contribution < 1.29 is 24.4 Å². The number of nitrogens with zero attached hydrogens (tertiary/aromatic N) is 1.